The van der Waals surface area contributed by atoms with E-state index in [1.807, 2.05) is 0 Å². The molecule has 0 aromatic heterocycles. The van der Waals surface area contributed by atoms with Gasteiger partial charge in [-0.15, -0.1) is 0 Å². The zero-order valence-corrected chi connectivity index (χ0v) is 15.7. The Kier molecular flexibility index (Phi) is 5.80. The molecule has 0 spiro atoms. The number of esters is 1. The van der Waals surface area contributed by atoms with Crippen LogP contribution in [-0.4, -0.2) is 25.0 Å². The highest BCUT2D eigenvalue weighted by Gasteiger charge is 2.30. The first-order chi connectivity index (χ1) is 13.4. The lowest BCUT2D eigenvalue weighted by molar-refractivity contribution is -0.144. The molecule has 0 radical (unpaired) electrons. The van der Waals surface area contributed by atoms with Crippen LogP contribution in [0, 0.1) is 12.7 Å². The van der Waals surface area contributed by atoms with Gasteiger partial charge in [0, 0.05) is 11.1 Å². The van der Waals surface area contributed by atoms with Crippen molar-refractivity contribution in [3.05, 3.63) is 76.3 Å². The molecule has 1 heterocycles. The average molecular weight is 403 g/mol. The maximum atomic E-state index is 14.0. The second-order valence-electron chi connectivity index (χ2n) is 5.90. The van der Waals surface area contributed by atoms with Crippen molar-refractivity contribution in [2.75, 3.05) is 13.2 Å². The molecule has 1 aliphatic rings. The molecule has 1 aliphatic heterocycles. The van der Waals surface area contributed by atoms with Crippen molar-refractivity contribution in [1.82, 2.24) is 0 Å². The molecule has 0 bridgehead atoms. The Morgan fingerprint density at radius 3 is 2.82 bits per heavy atom. The molecule has 0 saturated carbocycles. The predicted octanol–water partition coefficient (Wildman–Crippen LogP) is 4.51. The Labute approximate surface area is 166 Å². The lowest BCUT2D eigenvalue weighted by Crippen LogP contribution is -2.15. The number of Topliss-reactive ketones (excluding diaryl/α,β-unsaturated/α-hetero) is 1. The Balaban J connectivity index is 1.84. The third-order valence-corrected chi connectivity index (χ3v) is 4.35. The second kappa shape index (κ2) is 8.27. The van der Waals surface area contributed by atoms with Crippen LogP contribution in [0.25, 0.3) is 6.08 Å². The van der Waals surface area contributed by atoms with Gasteiger partial charge in [-0.1, -0.05) is 30.3 Å². The number of ketones is 1. The van der Waals surface area contributed by atoms with E-state index in [9.17, 15) is 14.0 Å². The number of carbonyl (C=O) groups excluding carboxylic acids is 2. The molecule has 0 unspecified atom stereocenters. The summed E-state index contributed by atoms with van der Waals surface area (Å²) >= 11 is 6.01. The van der Waals surface area contributed by atoms with Crippen molar-refractivity contribution in [2.45, 2.75) is 6.92 Å². The van der Waals surface area contributed by atoms with Crippen LogP contribution in [0.4, 0.5) is 4.39 Å². The molecule has 0 amide bonds. The van der Waals surface area contributed by atoms with E-state index >= 15 is 0 Å². The molecule has 0 atom stereocenters. The number of halogens is 2. The molecule has 2 aromatic rings. The van der Waals surface area contributed by atoms with Gasteiger partial charge in [-0.25, -0.2) is 9.18 Å². The van der Waals surface area contributed by atoms with Gasteiger partial charge >= 0.3 is 5.97 Å². The van der Waals surface area contributed by atoms with Gasteiger partial charge in [0.15, 0.2) is 12.4 Å². The molecule has 7 heteroatoms. The van der Waals surface area contributed by atoms with Crippen LogP contribution in [0.5, 0.6) is 11.5 Å². The highest BCUT2D eigenvalue weighted by molar-refractivity contribution is 6.32. The summed E-state index contributed by atoms with van der Waals surface area (Å²) in [6.45, 7) is 4.94. The van der Waals surface area contributed by atoms with Crippen LogP contribution in [-0.2, 0) is 9.53 Å². The van der Waals surface area contributed by atoms with Crippen LogP contribution >= 0.6 is 11.6 Å². The van der Waals surface area contributed by atoms with E-state index in [0.717, 1.165) is 0 Å². The highest BCUT2D eigenvalue weighted by Crippen LogP contribution is 2.39. The zero-order valence-electron chi connectivity index (χ0n) is 15.0. The third-order valence-electron chi connectivity index (χ3n) is 4.02. The molecular formula is C21H16ClFO5. The first kappa shape index (κ1) is 19.6. The molecule has 28 heavy (non-hydrogen) atoms. The summed E-state index contributed by atoms with van der Waals surface area (Å²) in [5.74, 6) is -0.896. The number of rotatable bonds is 6. The van der Waals surface area contributed by atoms with Gasteiger partial charge in [0.1, 0.15) is 23.9 Å². The van der Waals surface area contributed by atoms with Crippen LogP contribution in [0.1, 0.15) is 21.5 Å². The molecular weight excluding hydrogens is 387 g/mol. The summed E-state index contributed by atoms with van der Waals surface area (Å²) in [4.78, 5) is 24.1. The van der Waals surface area contributed by atoms with Crippen LogP contribution < -0.4 is 9.47 Å². The van der Waals surface area contributed by atoms with Gasteiger partial charge in [-0.3, -0.25) is 4.79 Å². The van der Waals surface area contributed by atoms with Crippen molar-refractivity contribution in [3.8, 4) is 11.5 Å². The molecule has 3 rings (SSSR count). The minimum atomic E-state index is -0.564. The SMILES string of the molecule is C=CCOC(=O)COc1ccc2c(c1C)O/C(=C\c1c(F)cccc1Cl)C2=O. The smallest absolute Gasteiger partial charge is 0.344 e. The minimum absolute atomic E-state index is 0.0485. The molecule has 144 valence electrons. The topological polar surface area (TPSA) is 61.8 Å². The lowest BCUT2D eigenvalue weighted by Gasteiger charge is -2.11. The summed E-state index contributed by atoms with van der Waals surface area (Å²) in [6, 6.07) is 7.33. The summed E-state index contributed by atoms with van der Waals surface area (Å²) < 4.78 is 29.9. The highest BCUT2D eigenvalue weighted by atomic mass is 35.5. The van der Waals surface area contributed by atoms with Crippen molar-refractivity contribution in [2.24, 2.45) is 0 Å². The maximum Gasteiger partial charge on any atom is 0.344 e. The molecule has 0 saturated heterocycles. The van der Waals surface area contributed by atoms with Gasteiger partial charge in [0.2, 0.25) is 5.78 Å². The Morgan fingerprint density at radius 2 is 2.11 bits per heavy atom. The molecule has 0 aliphatic carbocycles. The maximum absolute atomic E-state index is 14.0. The van der Waals surface area contributed by atoms with Gasteiger partial charge in [0.05, 0.1) is 10.6 Å². The van der Waals surface area contributed by atoms with Crippen molar-refractivity contribution in [3.63, 3.8) is 0 Å². The lowest BCUT2D eigenvalue weighted by atomic mass is 10.1. The van der Waals surface area contributed by atoms with E-state index < -0.39 is 17.6 Å². The minimum Gasteiger partial charge on any atom is -0.481 e. The number of ether oxygens (including phenoxy) is 3. The van der Waals surface area contributed by atoms with Crippen LogP contribution in [0.2, 0.25) is 5.02 Å². The van der Waals surface area contributed by atoms with Gasteiger partial charge in [-0.05, 0) is 37.3 Å². The standard InChI is InChI=1S/C21H16ClFO5/c1-3-9-26-19(24)11-27-17-8-7-13-20(25)18(28-21(13)12(17)2)10-14-15(22)5-4-6-16(14)23/h3-8,10H,1,9,11H2,2H3/b18-10-. The van der Waals surface area contributed by atoms with Gasteiger partial charge in [0.25, 0.3) is 0 Å². The predicted molar refractivity (Wildman–Crippen MR) is 102 cm³/mol. The first-order valence-corrected chi connectivity index (χ1v) is 8.71. The summed E-state index contributed by atoms with van der Waals surface area (Å²) in [7, 11) is 0. The van der Waals surface area contributed by atoms with E-state index in [1.165, 1.54) is 36.4 Å². The average Bonchev–Trinajstić information content (AvgIpc) is 2.99. The first-order valence-electron chi connectivity index (χ1n) is 8.33. The molecule has 0 fully saturated rings. The Hall–Kier alpha value is -3.12. The number of allylic oxidation sites excluding steroid dienone is 1. The Bertz CT molecular complexity index is 976. The van der Waals surface area contributed by atoms with E-state index in [2.05, 4.69) is 6.58 Å². The van der Waals surface area contributed by atoms with E-state index in [1.54, 1.807) is 13.0 Å². The van der Waals surface area contributed by atoms with E-state index in [0.29, 0.717) is 22.6 Å². The number of fused-ring (bicyclic) bond motifs is 1. The molecule has 0 N–H and O–H groups in total. The number of benzene rings is 2. The summed E-state index contributed by atoms with van der Waals surface area (Å²) in [5.41, 5.74) is 0.919. The molecule has 5 nitrogen and oxygen atoms in total. The number of hydrogen-bond acceptors (Lipinski definition) is 5. The van der Waals surface area contributed by atoms with Gasteiger partial charge in [-0.2, -0.15) is 0 Å². The fraction of sp³-hybridized carbons (Fsp3) is 0.143. The summed E-state index contributed by atoms with van der Waals surface area (Å²) in [5, 5.41) is 0.165. The van der Waals surface area contributed by atoms with E-state index in [-0.39, 0.29) is 29.6 Å². The van der Waals surface area contributed by atoms with Crippen LogP contribution in [0.3, 0.4) is 0 Å². The number of carbonyl (C=O) groups is 2. The Morgan fingerprint density at radius 1 is 1.32 bits per heavy atom. The van der Waals surface area contributed by atoms with Crippen molar-refractivity contribution < 1.29 is 28.2 Å². The zero-order chi connectivity index (χ0) is 20.3. The quantitative estimate of drug-likeness (QED) is 0.404. The van der Waals surface area contributed by atoms with Crippen LogP contribution in [0.15, 0.2) is 48.7 Å². The number of hydrogen-bond donors (Lipinski definition) is 0. The second-order valence-corrected chi connectivity index (χ2v) is 6.31. The van der Waals surface area contributed by atoms with Crippen molar-refractivity contribution >= 4 is 29.4 Å². The third kappa shape index (κ3) is 3.92. The fourth-order valence-electron chi connectivity index (χ4n) is 2.63. The van der Waals surface area contributed by atoms with Gasteiger partial charge < -0.3 is 14.2 Å². The fourth-order valence-corrected chi connectivity index (χ4v) is 2.85. The molecule has 2 aromatic carbocycles. The summed E-state index contributed by atoms with van der Waals surface area (Å²) in [6.07, 6.45) is 2.72. The van der Waals surface area contributed by atoms with E-state index in [4.69, 9.17) is 25.8 Å². The normalized spacial score (nSPS) is 13.8. The van der Waals surface area contributed by atoms with Crippen molar-refractivity contribution in [1.29, 1.82) is 0 Å². The monoisotopic (exact) mass is 402 g/mol. The largest absolute Gasteiger partial charge is 0.481 e.